The van der Waals surface area contributed by atoms with Gasteiger partial charge in [0.2, 0.25) is 0 Å². The zero-order chi connectivity index (χ0) is 13.3. The van der Waals surface area contributed by atoms with Crippen LogP contribution in [0.4, 0.5) is 0 Å². The normalized spacial score (nSPS) is 11.8. The van der Waals surface area contributed by atoms with E-state index in [1.165, 1.54) is 0 Å². The van der Waals surface area contributed by atoms with Gasteiger partial charge in [0.15, 0.2) is 0 Å². The molecule has 96 valence electrons. The molecule has 2 aromatic rings. The van der Waals surface area contributed by atoms with E-state index >= 15 is 0 Å². The van der Waals surface area contributed by atoms with E-state index in [0.29, 0.717) is 0 Å². The Morgan fingerprint density at radius 1 is 1.28 bits per heavy atom. The van der Waals surface area contributed by atoms with Crippen molar-refractivity contribution in [2.75, 3.05) is 7.11 Å². The quantitative estimate of drug-likeness (QED) is 0.880. The predicted molar refractivity (Wildman–Crippen MR) is 73.1 cm³/mol. The highest BCUT2D eigenvalue weighted by molar-refractivity contribution is 5.86. The number of hydrogen-bond donors (Lipinski definition) is 1. The molecular formula is C15H19NO2. The zero-order valence-corrected chi connectivity index (χ0v) is 11.3. The molecule has 1 heterocycles. The molecule has 0 aliphatic heterocycles. The van der Waals surface area contributed by atoms with Crippen molar-refractivity contribution in [1.29, 1.82) is 0 Å². The number of nitrogens with zero attached hydrogens (tertiary/aromatic N) is 1. The molecule has 1 aromatic heterocycles. The van der Waals surface area contributed by atoms with E-state index in [2.05, 4.69) is 25.8 Å². The van der Waals surface area contributed by atoms with Crippen molar-refractivity contribution in [2.24, 2.45) is 5.41 Å². The van der Waals surface area contributed by atoms with E-state index in [1.54, 1.807) is 13.2 Å². The highest BCUT2D eigenvalue weighted by Gasteiger charge is 2.16. The Kier molecular flexibility index (Phi) is 3.16. The fraction of sp³-hybridized carbons (Fsp3) is 0.400. The van der Waals surface area contributed by atoms with E-state index in [9.17, 15) is 5.11 Å². The van der Waals surface area contributed by atoms with Crippen LogP contribution in [0.15, 0.2) is 24.3 Å². The Morgan fingerprint density at radius 2 is 2.00 bits per heavy atom. The van der Waals surface area contributed by atoms with Crippen LogP contribution < -0.4 is 4.74 Å². The highest BCUT2D eigenvalue weighted by atomic mass is 16.5. The van der Waals surface area contributed by atoms with Crippen molar-refractivity contribution < 1.29 is 9.84 Å². The molecule has 0 atom stereocenters. The van der Waals surface area contributed by atoms with Crippen LogP contribution in [0.25, 0.3) is 10.9 Å². The summed E-state index contributed by atoms with van der Waals surface area (Å²) < 4.78 is 5.27. The maximum absolute atomic E-state index is 10.1. The lowest BCUT2D eigenvalue weighted by Gasteiger charge is -2.18. The lowest BCUT2D eigenvalue weighted by atomic mass is 9.90. The van der Waals surface area contributed by atoms with Crippen molar-refractivity contribution in [3.05, 3.63) is 30.0 Å². The average Bonchev–Trinajstić information content (AvgIpc) is 2.27. The largest absolute Gasteiger partial charge is 0.506 e. The molecule has 3 heteroatoms. The molecule has 0 fully saturated rings. The third kappa shape index (κ3) is 2.55. The number of pyridine rings is 1. The minimum absolute atomic E-state index is 0.0943. The fourth-order valence-corrected chi connectivity index (χ4v) is 2.01. The van der Waals surface area contributed by atoms with E-state index in [-0.39, 0.29) is 11.2 Å². The van der Waals surface area contributed by atoms with Crippen molar-refractivity contribution >= 4 is 10.9 Å². The molecule has 2 rings (SSSR count). The van der Waals surface area contributed by atoms with Gasteiger partial charge in [-0.25, -0.2) is 4.98 Å². The predicted octanol–water partition coefficient (Wildman–Crippen LogP) is 3.54. The van der Waals surface area contributed by atoms with Crippen molar-refractivity contribution in [3.8, 4) is 11.5 Å². The number of aromatic hydroxyl groups is 1. The molecule has 0 spiro atoms. The molecule has 0 amide bonds. The van der Waals surface area contributed by atoms with Crippen LogP contribution in [0, 0.1) is 5.41 Å². The maximum atomic E-state index is 10.1. The van der Waals surface area contributed by atoms with Crippen molar-refractivity contribution in [2.45, 2.75) is 27.2 Å². The number of methoxy groups -OCH3 is 1. The second kappa shape index (κ2) is 4.48. The molecule has 1 N–H and O–H groups in total. The summed E-state index contributed by atoms with van der Waals surface area (Å²) in [4.78, 5) is 4.54. The molecule has 0 unspecified atom stereocenters. The van der Waals surface area contributed by atoms with Gasteiger partial charge in [-0.1, -0.05) is 26.8 Å². The number of ether oxygens (including phenoxy) is 1. The van der Waals surface area contributed by atoms with Crippen LogP contribution in [-0.4, -0.2) is 17.2 Å². The van der Waals surface area contributed by atoms with E-state index in [0.717, 1.165) is 28.8 Å². The molecule has 0 radical (unpaired) electrons. The molecule has 1 aromatic carbocycles. The van der Waals surface area contributed by atoms with Gasteiger partial charge in [0.05, 0.1) is 18.3 Å². The number of hydrogen-bond acceptors (Lipinski definition) is 3. The van der Waals surface area contributed by atoms with Crippen LogP contribution >= 0.6 is 0 Å². The molecule has 0 aliphatic rings. The van der Waals surface area contributed by atoms with Gasteiger partial charge in [-0.3, -0.25) is 0 Å². The zero-order valence-electron chi connectivity index (χ0n) is 11.3. The van der Waals surface area contributed by atoms with Crippen LogP contribution in [0.3, 0.4) is 0 Å². The molecule has 0 aliphatic carbocycles. The number of fused-ring (bicyclic) bond motifs is 1. The second-order valence-corrected chi connectivity index (χ2v) is 5.72. The molecule has 0 saturated heterocycles. The fourth-order valence-electron chi connectivity index (χ4n) is 2.01. The summed E-state index contributed by atoms with van der Waals surface area (Å²) in [6.07, 6.45) is 0.742. The van der Waals surface area contributed by atoms with Crippen LogP contribution in [0.1, 0.15) is 26.5 Å². The maximum Gasteiger partial charge on any atom is 0.137 e. The first-order valence-corrected chi connectivity index (χ1v) is 6.06. The minimum Gasteiger partial charge on any atom is -0.506 e. The summed E-state index contributed by atoms with van der Waals surface area (Å²) >= 11 is 0. The SMILES string of the molecule is COc1cccc2nc(CC(C)(C)C)c(O)cc12. The summed E-state index contributed by atoms with van der Waals surface area (Å²) in [6.45, 7) is 6.39. The van der Waals surface area contributed by atoms with Crippen LogP contribution in [0.2, 0.25) is 0 Å². The number of aromatic nitrogens is 1. The second-order valence-electron chi connectivity index (χ2n) is 5.72. The summed E-state index contributed by atoms with van der Waals surface area (Å²) in [5.41, 5.74) is 1.69. The van der Waals surface area contributed by atoms with Gasteiger partial charge in [0.1, 0.15) is 11.5 Å². The summed E-state index contributed by atoms with van der Waals surface area (Å²) in [5, 5.41) is 10.9. The Hall–Kier alpha value is -1.77. The highest BCUT2D eigenvalue weighted by Crippen LogP contribution is 2.32. The van der Waals surface area contributed by atoms with Gasteiger partial charge in [0.25, 0.3) is 0 Å². The lowest BCUT2D eigenvalue weighted by Crippen LogP contribution is -2.10. The first-order valence-electron chi connectivity index (χ1n) is 6.06. The summed E-state index contributed by atoms with van der Waals surface area (Å²) in [5.74, 6) is 0.972. The van der Waals surface area contributed by atoms with Gasteiger partial charge in [-0.15, -0.1) is 0 Å². The van der Waals surface area contributed by atoms with E-state index in [1.807, 2.05) is 18.2 Å². The Labute approximate surface area is 107 Å². The van der Waals surface area contributed by atoms with Gasteiger partial charge in [-0.2, -0.15) is 0 Å². The van der Waals surface area contributed by atoms with Crippen molar-refractivity contribution in [3.63, 3.8) is 0 Å². The monoisotopic (exact) mass is 245 g/mol. The Balaban J connectivity index is 2.56. The number of benzene rings is 1. The first-order chi connectivity index (χ1) is 8.40. The summed E-state index contributed by atoms with van der Waals surface area (Å²) in [6, 6.07) is 7.45. The molecule has 0 bridgehead atoms. The average molecular weight is 245 g/mol. The van der Waals surface area contributed by atoms with Gasteiger partial charge >= 0.3 is 0 Å². The van der Waals surface area contributed by atoms with E-state index < -0.39 is 0 Å². The molecule has 18 heavy (non-hydrogen) atoms. The van der Waals surface area contributed by atoms with Gasteiger partial charge in [0, 0.05) is 5.39 Å². The Morgan fingerprint density at radius 3 is 2.61 bits per heavy atom. The Bertz CT molecular complexity index is 570. The summed E-state index contributed by atoms with van der Waals surface area (Å²) in [7, 11) is 1.62. The van der Waals surface area contributed by atoms with Gasteiger partial charge < -0.3 is 9.84 Å². The first kappa shape index (κ1) is 12.7. The lowest BCUT2D eigenvalue weighted by molar-refractivity contribution is 0.388. The topological polar surface area (TPSA) is 42.4 Å². The molecule has 0 saturated carbocycles. The minimum atomic E-state index is 0.0943. The third-order valence-electron chi connectivity index (χ3n) is 2.79. The molecule has 3 nitrogen and oxygen atoms in total. The standard InChI is InChI=1S/C15H19NO2/c1-15(2,3)9-12-13(17)8-10-11(16-12)6-5-7-14(10)18-4/h5-8,17H,9H2,1-4H3. The van der Waals surface area contributed by atoms with Gasteiger partial charge in [-0.05, 0) is 30.0 Å². The third-order valence-corrected chi connectivity index (χ3v) is 2.79. The van der Waals surface area contributed by atoms with Crippen molar-refractivity contribution in [1.82, 2.24) is 4.98 Å². The molecular weight excluding hydrogens is 226 g/mol. The number of rotatable bonds is 2. The van der Waals surface area contributed by atoms with Crippen LogP contribution in [0.5, 0.6) is 11.5 Å². The van der Waals surface area contributed by atoms with Crippen LogP contribution in [-0.2, 0) is 6.42 Å². The smallest absolute Gasteiger partial charge is 0.137 e. The van der Waals surface area contributed by atoms with E-state index in [4.69, 9.17) is 4.74 Å².